The van der Waals surface area contributed by atoms with E-state index in [1.165, 1.54) is 11.4 Å². The number of methoxy groups -OCH3 is 1. The number of unbranched alkanes of at least 4 members (excludes halogenated alkanes) is 1. The highest BCUT2D eigenvalue weighted by Crippen LogP contribution is 2.24. The van der Waals surface area contributed by atoms with E-state index < -0.39 is 10.0 Å². The molecule has 1 aliphatic heterocycles. The van der Waals surface area contributed by atoms with E-state index in [1.807, 2.05) is 6.92 Å². The quantitative estimate of drug-likeness (QED) is 0.691. The molecule has 1 rings (SSSR count). The molecule has 0 aromatic heterocycles. The van der Waals surface area contributed by atoms with Gasteiger partial charge in [-0.2, -0.15) is 4.31 Å². The molecule has 0 spiro atoms. The van der Waals surface area contributed by atoms with Crippen molar-refractivity contribution in [1.82, 2.24) is 4.31 Å². The minimum Gasteiger partial charge on any atom is -0.469 e. The van der Waals surface area contributed by atoms with Gasteiger partial charge in [0.15, 0.2) is 0 Å². The first-order chi connectivity index (χ1) is 8.51. The molecule has 1 aliphatic rings. The highest BCUT2D eigenvalue weighted by Gasteiger charge is 2.33. The Hall–Kier alpha value is -0.620. The molecule has 0 radical (unpaired) electrons. The maximum Gasteiger partial charge on any atom is 0.307 e. The normalized spacial score (nSPS) is 21.8. The van der Waals surface area contributed by atoms with Crippen LogP contribution in [0.1, 0.15) is 45.4 Å². The van der Waals surface area contributed by atoms with Gasteiger partial charge in [-0.05, 0) is 19.3 Å². The Morgan fingerprint density at radius 3 is 2.72 bits per heavy atom. The molecule has 1 heterocycles. The zero-order chi connectivity index (χ0) is 13.6. The Kier molecular flexibility index (Phi) is 6.08. The van der Waals surface area contributed by atoms with Gasteiger partial charge in [-0.25, -0.2) is 8.42 Å². The van der Waals surface area contributed by atoms with Crippen LogP contribution in [-0.4, -0.2) is 44.1 Å². The summed E-state index contributed by atoms with van der Waals surface area (Å²) in [4.78, 5) is 11.3. The number of piperidine rings is 1. The predicted octanol–water partition coefficient (Wildman–Crippen LogP) is 1.53. The van der Waals surface area contributed by atoms with Gasteiger partial charge in [0.2, 0.25) is 10.0 Å². The van der Waals surface area contributed by atoms with Gasteiger partial charge < -0.3 is 4.74 Å². The van der Waals surface area contributed by atoms with Crippen molar-refractivity contribution >= 4 is 16.0 Å². The van der Waals surface area contributed by atoms with Crippen LogP contribution in [0.4, 0.5) is 0 Å². The highest BCUT2D eigenvalue weighted by atomic mass is 32.2. The van der Waals surface area contributed by atoms with Crippen molar-refractivity contribution in [1.29, 1.82) is 0 Å². The number of nitrogens with zero attached hydrogens (tertiary/aromatic N) is 1. The monoisotopic (exact) mass is 277 g/mol. The first-order valence-corrected chi connectivity index (χ1v) is 8.18. The maximum atomic E-state index is 12.2. The average Bonchev–Trinajstić information content (AvgIpc) is 2.36. The summed E-state index contributed by atoms with van der Waals surface area (Å²) >= 11 is 0. The van der Waals surface area contributed by atoms with Gasteiger partial charge in [-0.3, -0.25) is 4.79 Å². The predicted molar refractivity (Wildman–Crippen MR) is 69.7 cm³/mol. The maximum absolute atomic E-state index is 12.2. The fourth-order valence-corrected chi connectivity index (χ4v) is 4.19. The van der Waals surface area contributed by atoms with E-state index in [1.54, 1.807) is 0 Å². The highest BCUT2D eigenvalue weighted by molar-refractivity contribution is 7.89. The third-order valence-corrected chi connectivity index (χ3v) is 5.32. The van der Waals surface area contributed by atoms with Crippen LogP contribution in [0, 0.1) is 0 Å². The summed E-state index contributed by atoms with van der Waals surface area (Å²) in [6.07, 6.45) is 4.30. The number of carbonyl (C=O) groups excluding carboxylic acids is 1. The van der Waals surface area contributed by atoms with Gasteiger partial charge in [0.05, 0.1) is 19.3 Å². The topological polar surface area (TPSA) is 63.7 Å². The van der Waals surface area contributed by atoms with E-state index in [9.17, 15) is 13.2 Å². The minimum absolute atomic E-state index is 0.169. The lowest BCUT2D eigenvalue weighted by Crippen LogP contribution is -2.45. The summed E-state index contributed by atoms with van der Waals surface area (Å²) in [7, 11) is -1.89. The van der Waals surface area contributed by atoms with Gasteiger partial charge >= 0.3 is 5.97 Å². The lowest BCUT2D eigenvalue weighted by Gasteiger charge is -2.34. The van der Waals surface area contributed by atoms with Gasteiger partial charge in [0.25, 0.3) is 0 Å². The molecule has 0 N–H and O–H groups in total. The second-order valence-electron chi connectivity index (χ2n) is 4.71. The molecule has 0 aliphatic carbocycles. The van der Waals surface area contributed by atoms with E-state index in [2.05, 4.69) is 4.74 Å². The third-order valence-electron chi connectivity index (χ3n) is 3.32. The molecular formula is C12H23NO4S. The Balaban J connectivity index is 2.72. The van der Waals surface area contributed by atoms with Crippen molar-refractivity contribution in [2.24, 2.45) is 0 Å². The number of esters is 1. The molecular weight excluding hydrogens is 254 g/mol. The van der Waals surface area contributed by atoms with Crippen molar-refractivity contribution in [3.05, 3.63) is 0 Å². The van der Waals surface area contributed by atoms with Crippen LogP contribution in [0.25, 0.3) is 0 Å². The minimum atomic E-state index is -3.22. The Labute approximate surface area is 110 Å². The first kappa shape index (κ1) is 15.4. The number of sulfonamides is 1. The first-order valence-electron chi connectivity index (χ1n) is 6.57. The zero-order valence-electron chi connectivity index (χ0n) is 11.2. The molecule has 18 heavy (non-hydrogen) atoms. The molecule has 0 bridgehead atoms. The second kappa shape index (κ2) is 7.09. The largest absolute Gasteiger partial charge is 0.469 e. The molecule has 1 fully saturated rings. The third kappa shape index (κ3) is 4.24. The number of hydrogen-bond acceptors (Lipinski definition) is 4. The van der Waals surface area contributed by atoms with Crippen LogP contribution in [0.15, 0.2) is 0 Å². The summed E-state index contributed by atoms with van der Waals surface area (Å²) in [5.41, 5.74) is 0. The SMILES string of the molecule is CCCCS(=O)(=O)N1CCCC[C@H]1CC(=O)OC. The van der Waals surface area contributed by atoms with E-state index >= 15 is 0 Å². The van der Waals surface area contributed by atoms with Crippen molar-refractivity contribution in [3.8, 4) is 0 Å². The van der Waals surface area contributed by atoms with E-state index in [0.29, 0.717) is 13.0 Å². The van der Waals surface area contributed by atoms with Crippen molar-refractivity contribution in [2.75, 3.05) is 19.4 Å². The van der Waals surface area contributed by atoms with Crippen molar-refractivity contribution in [2.45, 2.75) is 51.5 Å². The number of ether oxygens (including phenoxy) is 1. The molecule has 5 nitrogen and oxygen atoms in total. The standard InChI is InChI=1S/C12H23NO4S/c1-3-4-9-18(15,16)13-8-6-5-7-11(13)10-12(14)17-2/h11H,3-10H2,1-2H3/t11-/m0/s1. The number of rotatable bonds is 6. The smallest absolute Gasteiger partial charge is 0.307 e. The van der Waals surface area contributed by atoms with Crippen molar-refractivity contribution in [3.63, 3.8) is 0 Å². The molecule has 0 amide bonds. The molecule has 106 valence electrons. The van der Waals surface area contributed by atoms with Gasteiger partial charge in [-0.15, -0.1) is 0 Å². The van der Waals surface area contributed by atoms with Crippen LogP contribution in [-0.2, 0) is 19.6 Å². The van der Waals surface area contributed by atoms with Gasteiger partial charge in [0, 0.05) is 12.6 Å². The fraction of sp³-hybridized carbons (Fsp3) is 0.917. The Morgan fingerprint density at radius 2 is 2.11 bits per heavy atom. The molecule has 0 aromatic carbocycles. The van der Waals surface area contributed by atoms with Crippen LogP contribution in [0.5, 0.6) is 0 Å². The molecule has 1 atom stereocenters. The van der Waals surface area contributed by atoms with Crippen LogP contribution in [0.3, 0.4) is 0 Å². The number of carbonyl (C=O) groups is 1. The van der Waals surface area contributed by atoms with E-state index in [4.69, 9.17) is 0 Å². The summed E-state index contributed by atoms with van der Waals surface area (Å²) in [6.45, 7) is 2.51. The van der Waals surface area contributed by atoms with E-state index in [-0.39, 0.29) is 24.2 Å². The van der Waals surface area contributed by atoms with Gasteiger partial charge in [0.1, 0.15) is 0 Å². The Bertz CT molecular complexity index is 366. The molecule has 0 saturated carbocycles. The van der Waals surface area contributed by atoms with E-state index in [0.717, 1.165) is 25.7 Å². The summed E-state index contributed by atoms with van der Waals surface area (Å²) in [5, 5.41) is 0. The van der Waals surface area contributed by atoms with Gasteiger partial charge in [-0.1, -0.05) is 19.8 Å². The van der Waals surface area contributed by atoms with Crippen LogP contribution in [0.2, 0.25) is 0 Å². The zero-order valence-corrected chi connectivity index (χ0v) is 12.0. The molecule has 0 unspecified atom stereocenters. The number of hydrogen-bond donors (Lipinski definition) is 0. The molecule has 1 saturated heterocycles. The van der Waals surface area contributed by atoms with Crippen LogP contribution >= 0.6 is 0 Å². The fourth-order valence-electron chi connectivity index (χ4n) is 2.26. The molecule has 6 heteroatoms. The average molecular weight is 277 g/mol. The molecule has 0 aromatic rings. The second-order valence-corrected chi connectivity index (χ2v) is 6.75. The summed E-state index contributed by atoms with van der Waals surface area (Å²) in [6, 6.07) is -0.215. The lowest BCUT2D eigenvalue weighted by atomic mass is 10.0. The van der Waals surface area contributed by atoms with Crippen molar-refractivity contribution < 1.29 is 17.9 Å². The summed E-state index contributed by atoms with van der Waals surface area (Å²) in [5.74, 6) is -0.154. The summed E-state index contributed by atoms with van der Waals surface area (Å²) < 4.78 is 30.5. The Morgan fingerprint density at radius 1 is 1.39 bits per heavy atom. The van der Waals surface area contributed by atoms with Crippen LogP contribution < -0.4 is 0 Å². The lowest BCUT2D eigenvalue weighted by molar-refractivity contribution is -0.141.